The molecule has 0 spiro atoms. The van der Waals surface area contributed by atoms with Gasteiger partial charge in [-0.05, 0) is 45.4 Å². The summed E-state index contributed by atoms with van der Waals surface area (Å²) < 4.78 is 0. The van der Waals surface area contributed by atoms with Crippen LogP contribution >= 0.6 is 0 Å². The third-order valence-electron chi connectivity index (χ3n) is 2.56. The van der Waals surface area contributed by atoms with Crippen molar-refractivity contribution in [1.82, 2.24) is 16.0 Å². The van der Waals surface area contributed by atoms with Gasteiger partial charge in [0.1, 0.15) is 0 Å². The fourth-order valence-electron chi connectivity index (χ4n) is 1.43. The monoisotopic (exact) mass is 243 g/mol. The Labute approximate surface area is 106 Å². The van der Waals surface area contributed by atoms with Gasteiger partial charge in [0.25, 0.3) is 0 Å². The van der Waals surface area contributed by atoms with Crippen molar-refractivity contribution < 1.29 is 4.79 Å². The molecule has 0 fully saturated rings. The Morgan fingerprint density at radius 1 is 0.941 bits per heavy atom. The maximum Gasteiger partial charge on any atom is 0.222 e. The molecule has 0 aromatic heterocycles. The minimum absolute atomic E-state index is 0.0917. The maximum absolute atomic E-state index is 11.2. The lowest BCUT2D eigenvalue weighted by atomic mass is 10.2. The molecule has 0 rings (SSSR count). The number of carbonyl (C=O) groups is 1. The molecule has 0 saturated heterocycles. The first-order valence-electron chi connectivity index (χ1n) is 6.87. The minimum Gasteiger partial charge on any atom is -0.356 e. The summed E-state index contributed by atoms with van der Waals surface area (Å²) in [6.07, 6.45) is 3.45. The van der Waals surface area contributed by atoms with Gasteiger partial charge in [0.05, 0.1) is 0 Å². The van der Waals surface area contributed by atoms with E-state index < -0.39 is 0 Å². The van der Waals surface area contributed by atoms with Crippen LogP contribution in [0.3, 0.4) is 0 Å². The van der Waals surface area contributed by atoms with Crippen LogP contribution in [0.15, 0.2) is 0 Å². The van der Waals surface area contributed by atoms with E-state index in [0.717, 1.165) is 39.1 Å². The predicted octanol–water partition coefficient (Wildman–Crippen LogP) is 1.13. The molecule has 4 heteroatoms. The second-order valence-electron chi connectivity index (χ2n) is 4.61. The highest BCUT2D eigenvalue weighted by Crippen LogP contribution is 1.90. The van der Waals surface area contributed by atoms with Gasteiger partial charge in [0.2, 0.25) is 5.91 Å². The van der Waals surface area contributed by atoms with Crippen LogP contribution in [0.2, 0.25) is 0 Å². The first-order chi connectivity index (χ1) is 8.18. The number of hydrogen-bond donors (Lipinski definition) is 3. The summed E-state index contributed by atoms with van der Waals surface area (Å²) >= 11 is 0. The smallest absolute Gasteiger partial charge is 0.222 e. The molecular weight excluding hydrogens is 214 g/mol. The molecule has 0 unspecified atom stereocenters. The van der Waals surface area contributed by atoms with Gasteiger partial charge in [0.15, 0.2) is 0 Å². The zero-order valence-corrected chi connectivity index (χ0v) is 11.6. The van der Waals surface area contributed by atoms with E-state index >= 15 is 0 Å². The van der Waals surface area contributed by atoms with Crippen molar-refractivity contribution >= 4 is 5.91 Å². The summed E-state index contributed by atoms with van der Waals surface area (Å²) in [7, 11) is 0. The number of unbranched alkanes of at least 4 members (excludes halogenated alkanes) is 1. The van der Waals surface area contributed by atoms with Gasteiger partial charge in [-0.2, -0.15) is 0 Å². The van der Waals surface area contributed by atoms with E-state index in [1.165, 1.54) is 12.8 Å². The molecule has 17 heavy (non-hydrogen) atoms. The Hall–Kier alpha value is -0.610. The van der Waals surface area contributed by atoms with E-state index in [1.807, 2.05) is 13.8 Å². The number of rotatable bonds is 11. The van der Waals surface area contributed by atoms with Gasteiger partial charge in [-0.3, -0.25) is 4.79 Å². The summed E-state index contributed by atoms with van der Waals surface area (Å²) in [5.41, 5.74) is 0. The van der Waals surface area contributed by atoms with Crippen molar-refractivity contribution in [1.29, 1.82) is 0 Å². The molecule has 4 nitrogen and oxygen atoms in total. The third kappa shape index (κ3) is 11.6. The van der Waals surface area contributed by atoms with Crippen LogP contribution in [-0.4, -0.2) is 38.6 Å². The molecule has 0 saturated carbocycles. The zero-order valence-electron chi connectivity index (χ0n) is 11.6. The van der Waals surface area contributed by atoms with Crippen molar-refractivity contribution in [3.05, 3.63) is 0 Å². The lowest BCUT2D eigenvalue weighted by Gasteiger charge is -2.08. The quantitative estimate of drug-likeness (QED) is 0.477. The first kappa shape index (κ1) is 16.4. The highest BCUT2D eigenvalue weighted by molar-refractivity contribution is 5.77. The normalized spacial score (nSPS) is 10.8. The first-order valence-corrected chi connectivity index (χ1v) is 6.87. The topological polar surface area (TPSA) is 53.2 Å². The zero-order chi connectivity index (χ0) is 12.9. The molecular formula is C13H29N3O. The molecule has 0 aliphatic carbocycles. The van der Waals surface area contributed by atoms with E-state index in [1.54, 1.807) is 0 Å². The maximum atomic E-state index is 11.2. The molecule has 3 N–H and O–H groups in total. The molecule has 102 valence electrons. The molecule has 0 bridgehead atoms. The predicted molar refractivity (Wildman–Crippen MR) is 73.1 cm³/mol. The average Bonchev–Trinajstić information content (AvgIpc) is 2.31. The molecule has 0 radical (unpaired) electrons. The second-order valence-corrected chi connectivity index (χ2v) is 4.61. The molecule has 0 aliphatic heterocycles. The highest BCUT2D eigenvalue weighted by atomic mass is 16.1. The van der Waals surface area contributed by atoms with E-state index in [2.05, 4.69) is 22.9 Å². The third-order valence-corrected chi connectivity index (χ3v) is 2.56. The van der Waals surface area contributed by atoms with Crippen molar-refractivity contribution in [2.24, 2.45) is 5.92 Å². The van der Waals surface area contributed by atoms with Gasteiger partial charge in [-0.15, -0.1) is 0 Å². The molecule has 1 amide bonds. The Morgan fingerprint density at radius 3 is 2.12 bits per heavy atom. The van der Waals surface area contributed by atoms with Crippen LogP contribution in [-0.2, 0) is 4.79 Å². The van der Waals surface area contributed by atoms with Crippen LogP contribution in [0, 0.1) is 5.92 Å². The summed E-state index contributed by atoms with van der Waals surface area (Å²) in [4.78, 5) is 11.2. The Balaban J connectivity index is 3.06. The SMILES string of the molecule is CCNCCCCNCCCNC(=O)C(C)C. The van der Waals surface area contributed by atoms with Gasteiger partial charge in [0, 0.05) is 12.5 Å². The number of carbonyl (C=O) groups excluding carboxylic acids is 1. The average molecular weight is 243 g/mol. The Morgan fingerprint density at radius 2 is 1.53 bits per heavy atom. The molecule has 0 aromatic carbocycles. The van der Waals surface area contributed by atoms with E-state index in [0.29, 0.717) is 0 Å². The van der Waals surface area contributed by atoms with Gasteiger partial charge < -0.3 is 16.0 Å². The standard InChI is InChI=1S/C13H29N3O/c1-4-14-8-5-6-9-15-10-7-11-16-13(17)12(2)3/h12,14-15H,4-11H2,1-3H3,(H,16,17). The number of nitrogens with one attached hydrogen (secondary N) is 3. The van der Waals surface area contributed by atoms with E-state index in [4.69, 9.17) is 0 Å². The summed E-state index contributed by atoms with van der Waals surface area (Å²) in [5, 5.41) is 9.61. The summed E-state index contributed by atoms with van der Waals surface area (Å²) in [5.74, 6) is 0.240. The highest BCUT2D eigenvalue weighted by Gasteiger charge is 2.04. The Kier molecular flexibility index (Phi) is 11.4. The number of amides is 1. The van der Waals surface area contributed by atoms with Gasteiger partial charge in [-0.25, -0.2) is 0 Å². The molecule has 0 aliphatic rings. The van der Waals surface area contributed by atoms with Gasteiger partial charge >= 0.3 is 0 Å². The van der Waals surface area contributed by atoms with Crippen molar-refractivity contribution in [2.75, 3.05) is 32.7 Å². The molecule has 0 heterocycles. The van der Waals surface area contributed by atoms with Gasteiger partial charge in [-0.1, -0.05) is 20.8 Å². The van der Waals surface area contributed by atoms with Crippen molar-refractivity contribution in [3.63, 3.8) is 0 Å². The number of hydrogen-bond acceptors (Lipinski definition) is 3. The fraction of sp³-hybridized carbons (Fsp3) is 0.923. The largest absolute Gasteiger partial charge is 0.356 e. The lowest BCUT2D eigenvalue weighted by Crippen LogP contribution is -2.30. The second kappa shape index (κ2) is 11.9. The lowest BCUT2D eigenvalue weighted by molar-refractivity contribution is -0.123. The van der Waals surface area contributed by atoms with E-state index in [9.17, 15) is 4.79 Å². The van der Waals surface area contributed by atoms with Crippen LogP contribution in [0.4, 0.5) is 0 Å². The fourth-order valence-corrected chi connectivity index (χ4v) is 1.43. The summed E-state index contributed by atoms with van der Waals surface area (Å²) in [6.45, 7) is 11.0. The van der Waals surface area contributed by atoms with Crippen molar-refractivity contribution in [3.8, 4) is 0 Å². The minimum atomic E-state index is 0.0917. The molecule has 0 aromatic rings. The van der Waals surface area contributed by atoms with Crippen LogP contribution in [0.25, 0.3) is 0 Å². The van der Waals surface area contributed by atoms with Crippen LogP contribution in [0.5, 0.6) is 0 Å². The molecule has 0 atom stereocenters. The van der Waals surface area contributed by atoms with Crippen LogP contribution in [0.1, 0.15) is 40.0 Å². The Bertz CT molecular complexity index is 184. The van der Waals surface area contributed by atoms with Crippen molar-refractivity contribution in [2.45, 2.75) is 40.0 Å². The summed E-state index contributed by atoms with van der Waals surface area (Å²) in [6, 6.07) is 0. The van der Waals surface area contributed by atoms with Crippen LogP contribution < -0.4 is 16.0 Å². The van der Waals surface area contributed by atoms with E-state index in [-0.39, 0.29) is 11.8 Å².